The van der Waals surface area contributed by atoms with Crippen LogP contribution in [-0.2, 0) is 11.3 Å². The molecule has 37 heavy (non-hydrogen) atoms. The molecule has 4 heterocycles. The molecule has 1 aromatic carbocycles. The van der Waals surface area contributed by atoms with Crippen molar-refractivity contribution in [2.24, 2.45) is 0 Å². The number of carboxylic acid groups (broad SMARTS) is 1. The monoisotopic (exact) mass is 513 g/mol. The molecular weight excluding hydrogens is 487 g/mol. The molecule has 3 aromatic heterocycles. The fourth-order valence-electron chi connectivity index (χ4n) is 4.15. The number of hydrogen-bond donors (Lipinski definition) is 1. The van der Waals surface area contributed by atoms with Crippen LogP contribution in [0.2, 0.25) is 0 Å². The average molecular weight is 514 g/mol. The van der Waals surface area contributed by atoms with E-state index < -0.39 is 12.1 Å². The Bertz CT molecular complexity index is 1340. The van der Waals surface area contributed by atoms with Gasteiger partial charge in [-0.25, -0.2) is 14.3 Å². The molecule has 4 aromatic rings. The van der Waals surface area contributed by atoms with Crippen LogP contribution in [0, 0.1) is 0 Å². The molecule has 1 N–H and O–H groups in total. The van der Waals surface area contributed by atoms with Crippen LogP contribution in [0.5, 0.6) is 5.75 Å². The lowest BCUT2D eigenvalue weighted by Crippen LogP contribution is -2.32. The quantitative estimate of drug-likeness (QED) is 0.409. The van der Waals surface area contributed by atoms with E-state index in [9.17, 15) is 13.2 Å². The van der Waals surface area contributed by atoms with Crippen LogP contribution in [0.3, 0.4) is 0 Å². The smallest absolute Gasteiger partial charge is 0.490 e. The summed E-state index contributed by atoms with van der Waals surface area (Å²) in [6.07, 6.45) is 2.91. The third kappa shape index (κ3) is 6.82. The van der Waals surface area contributed by atoms with Crippen LogP contribution in [0.25, 0.3) is 16.8 Å². The van der Waals surface area contributed by atoms with Crippen LogP contribution in [-0.4, -0.2) is 61.9 Å². The molecule has 8 nitrogen and oxygen atoms in total. The maximum absolute atomic E-state index is 10.6. The molecule has 0 atom stereocenters. The van der Waals surface area contributed by atoms with Gasteiger partial charge in [-0.15, -0.1) is 0 Å². The van der Waals surface area contributed by atoms with Gasteiger partial charge >= 0.3 is 12.1 Å². The lowest BCUT2D eigenvalue weighted by molar-refractivity contribution is -0.192. The summed E-state index contributed by atoms with van der Waals surface area (Å²) in [6, 6.07) is 16.4. The number of alkyl halides is 3. The molecule has 1 aliphatic heterocycles. The highest BCUT2D eigenvalue weighted by Gasteiger charge is 2.38. The number of benzene rings is 1. The van der Waals surface area contributed by atoms with E-state index in [1.807, 2.05) is 47.2 Å². The molecule has 0 saturated carbocycles. The third-order valence-electron chi connectivity index (χ3n) is 6.07. The summed E-state index contributed by atoms with van der Waals surface area (Å²) in [5.41, 5.74) is 4.38. The van der Waals surface area contributed by atoms with Crippen molar-refractivity contribution in [2.45, 2.75) is 31.5 Å². The van der Waals surface area contributed by atoms with Gasteiger partial charge < -0.3 is 9.84 Å². The molecule has 0 bridgehead atoms. The highest BCUT2D eigenvalue weighted by Crippen LogP contribution is 2.28. The molecular formula is C26H26F3N5O3. The van der Waals surface area contributed by atoms with E-state index in [4.69, 9.17) is 24.7 Å². The highest BCUT2D eigenvalue weighted by atomic mass is 19.4. The van der Waals surface area contributed by atoms with Crippen molar-refractivity contribution in [3.63, 3.8) is 0 Å². The topological polar surface area (TPSA) is 92.9 Å². The Hall–Kier alpha value is -3.99. The van der Waals surface area contributed by atoms with E-state index in [2.05, 4.69) is 34.3 Å². The Kier molecular flexibility index (Phi) is 8.02. The maximum Gasteiger partial charge on any atom is 0.490 e. The number of methoxy groups -OCH3 is 1. The second-order valence-electron chi connectivity index (χ2n) is 8.64. The zero-order valence-electron chi connectivity index (χ0n) is 20.1. The van der Waals surface area contributed by atoms with E-state index >= 15 is 0 Å². The maximum atomic E-state index is 10.6. The van der Waals surface area contributed by atoms with Crippen molar-refractivity contribution in [3.8, 4) is 16.9 Å². The van der Waals surface area contributed by atoms with Crippen LogP contribution < -0.4 is 4.74 Å². The van der Waals surface area contributed by atoms with Crippen molar-refractivity contribution < 1.29 is 27.8 Å². The summed E-state index contributed by atoms with van der Waals surface area (Å²) in [4.78, 5) is 20.4. The average Bonchev–Trinajstić information content (AvgIpc) is 3.33. The lowest BCUT2D eigenvalue weighted by Gasteiger charge is -2.30. The van der Waals surface area contributed by atoms with E-state index in [0.717, 1.165) is 60.8 Å². The van der Waals surface area contributed by atoms with Crippen molar-refractivity contribution in [3.05, 3.63) is 78.5 Å². The first kappa shape index (κ1) is 26.1. The number of aliphatic carboxylic acids is 1. The minimum atomic E-state index is -5.08. The van der Waals surface area contributed by atoms with Gasteiger partial charge in [0.25, 0.3) is 0 Å². The van der Waals surface area contributed by atoms with Crippen molar-refractivity contribution in [2.75, 3.05) is 20.2 Å². The van der Waals surface area contributed by atoms with Crippen LogP contribution in [0.1, 0.15) is 30.1 Å². The molecule has 0 amide bonds. The first-order chi connectivity index (χ1) is 17.7. The molecule has 0 aliphatic carbocycles. The summed E-state index contributed by atoms with van der Waals surface area (Å²) < 4.78 is 39.0. The fourth-order valence-corrected chi connectivity index (χ4v) is 4.15. The van der Waals surface area contributed by atoms with E-state index in [1.165, 1.54) is 5.56 Å². The fraction of sp³-hybridized carbons (Fsp3) is 0.308. The molecule has 11 heteroatoms. The SMILES string of the molecule is COc1cccc(-c2ccc3nc(C4CCN(Cc5cccnc5)CC4)nn3c2)c1.O=C(O)C(F)(F)F. The largest absolute Gasteiger partial charge is 0.497 e. The van der Waals surface area contributed by atoms with E-state index in [-0.39, 0.29) is 0 Å². The standard InChI is InChI=1S/C24H25N5O.C2HF3O2/c1-30-22-6-2-5-20(14-22)21-7-8-23-26-24(27-29(23)17-21)19-9-12-28(13-10-19)16-18-4-3-11-25-15-18;3-2(4,5)1(6)7/h2-8,11,14-15,17,19H,9-10,12-13,16H2,1H3;(H,6,7). The number of ether oxygens (including phenoxy) is 1. The van der Waals surface area contributed by atoms with Gasteiger partial charge in [-0.05, 0) is 67.4 Å². The first-order valence-electron chi connectivity index (χ1n) is 11.6. The number of carbonyl (C=O) groups is 1. The highest BCUT2D eigenvalue weighted by molar-refractivity contribution is 5.73. The molecule has 5 rings (SSSR count). The number of fused-ring (bicyclic) bond motifs is 1. The lowest BCUT2D eigenvalue weighted by atomic mass is 9.96. The number of piperidine rings is 1. The van der Waals surface area contributed by atoms with Crippen LogP contribution >= 0.6 is 0 Å². The Labute approximate surface area is 211 Å². The number of likely N-dealkylation sites (tertiary alicyclic amines) is 1. The Morgan fingerprint density at radius 2 is 1.86 bits per heavy atom. The van der Waals surface area contributed by atoms with Gasteiger partial charge in [-0.1, -0.05) is 18.2 Å². The molecule has 1 saturated heterocycles. The number of nitrogens with zero attached hydrogens (tertiary/aromatic N) is 5. The van der Waals surface area contributed by atoms with Crippen molar-refractivity contribution >= 4 is 11.6 Å². The van der Waals surface area contributed by atoms with Gasteiger partial charge in [0.15, 0.2) is 11.5 Å². The predicted octanol–water partition coefficient (Wildman–Crippen LogP) is 4.81. The molecule has 1 fully saturated rings. The third-order valence-corrected chi connectivity index (χ3v) is 6.07. The Morgan fingerprint density at radius 1 is 1.11 bits per heavy atom. The zero-order chi connectivity index (χ0) is 26.4. The zero-order valence-corrected chi connectivity index (χ0v) is 20.1. The van der Waals surface area contributed by atoms with Crippen molar-refractivity contribution in [1.82, 2.24) is 24.5 Å². The minimum absolute atomic E-state index is 0.412. The summed E-state index contributed by atoms with van der Waals surface area (Å²) in [5.74, 6) is -0.536. The second kappa shape index (κ2) is 11.4. The van der Waals surface area contributed by atoms with Crippen LogP contribution in [0.15, 0.2) is 67.1 Å². The van der Waals surface area contributed by atoms with Gasteiger partial charge in [-0.2, -0.15) is 18.3 Å². The Balaban J connectivity index is 0.000000405. The summed E-state index contributed by atoms with van der Waals surface area (Å²) in [7, 11) is 1.69. The normalized spacial score (nSPS) is 14.7. The van der Waals surface area contributed by atoms with Gasteiger partial charge in [-0.3, -0.25) is 9.88 Å². The second-order valence-corrected chi connectivity index (χ2v) is 8.64. The number of pyridine rings is 2. The number of rotatable bonds is 5. The molecule has 194 valence electrons. The molecule has 0 radical (unpaired) electrons. The van der Waals surface area contributed by atoms with E-state index in [1.54, 1.807) is 7.11 Å². The summed E-state index contributed by atoms with van der Waals surface area (Å²) >= 11 is 0. The summed E-state index contributed by atoms with van der Waals surface area (Å²) in [6.45, 7) is 3.08. The predicted molar refractivity (Wildman–Crippen MR) is 130 cm³/mol. The van der Waals surface area contributed by atoms with E-state index in [0.29, 0.717) is 5.92 Å². The number of halogens is 3. The van der Waals surface area contributed by atoms with Gasteiger partial charge in [0.2, 0.25) is 0 Å². The first-order valence-corrected chi connectivity index (χ1v) is 11.6. The minimum Gasteiger partial charge on any atom is -0.497 e. The molecule has 1 aliphatic rings. The molecule has 0 unspecified atom stereocenters. The molecule has 0 spiro atoms. The van der Waals surface area contributed by atoms with Crippen molar-refractivity contribution in [1.29, 1.82) is 0 Å². The number of hydrogen-bond acceptors (Lipinski definition) is 6. The Morgan fingerprint density at radius 3 is 2.51 bits per heavy atom. The van der Waals surface area contributed by atoms with Gasteiger partial charge in [0.05, 0.1) is 7.11 Å². The summed E-state index contributed by atoms with van der Waals surface area (Å²) in [5, 5.41) is 11.9. The van der Waals surface area contributed by atoms with Gasteiger partial charge in [0, 0.05) is 36.6 Å². The number of carboxylic acids is 1. The number of aromatic nitrogens is 4. The van der Waals surface area contributed by atoms with Gasteiger partial charge in [0.1, 0.15) is 5.75 Å². The van der Waals surface area contributed by atoms with Crippen LogP contribution in [0.4, 0.5) is 13.2 Å².